The number of piperazine rings is 1. The van der Waals surface area contributed by atoms with Gasteiger partial charge in [-0.05, 0) is 28.8 Å². The molecular weight excluding hydrogens is 448 g/mol. The molecule has 0 N–H and O–H groups in total. The highest BCUT2D eigenvalue weighted by atomic mass is 16.5. The third-order valence-corrected chi connectivity index (χ3v) is 6.59. The van der Waals surface area contributed by atoms with E-state index in [4.69, 9.17) is 14.2 Å². The van der Waals surface area contributed by atoms with E-state index in [1.54, 1.807) is 21.3 Å². The average Bonchev–Trinajstić information content (AvgIpc) is 2.94. The zero-order valence-corrected chi connectivity index (χ0v) is 21.5. The highest BCUT2D eigenvalue weighted by Crippen LogP contribution is 2.38. The van der Waals surface area contributed by atoms with Gasteiger partial charge in [-0.25, -0.2) is 0 Å². The van der Waals surface area contributed by atoms with E-state index in [1.165, 1.54) is 11.1 Å². The first-order valence-corrected chi connectivity index (χ1v) is 12.4. The molecule has 0 atom stereocenters. The Morgan fingerprint density at radius 3 is 1.78 bits per heavy atom. The minimum Gasteiger partial charge on any atom is -0.493 e. The summed E-state index contributed by atoms with van der Waals surface area (Å²) in [6, 6.07) is 25.9. The van der Waals surface area contributed by atoms with Gasteiger partial charge in [-0.3, -0.25) is 9.80 Å². The van der Waals surface area contributed by atoms with Crippen LogP contribution in [0, 0.1) is 0 Å². The Balaban J connectivity index is 1.33. The molecule has 4 rings (SSSR count). The van der Waals surface area contributed by atoms with Crippen LogP contribution in [0.25, 0.3) is 6.08 Å². The number of allylic oxidation sites excluding steroid dienone is 2. The fourth-order valence-electron chi connectivity index (χ4n) is 4.74. The van der Waals surface area contributed by atoms with Crippen molar-refractivity contribution in [1.29, 1.82) is 0 Å². The van der Waals surface area contributed by atoms with Gasteiger partial charge in [0, 0.05) is 32.7 Å². The summed E-state index contributed by atoms with van der Waals surface area (Å²) in [7, 11) is 4.88. The van der Waals surface area contributed by atoms with Crippen molar-refractivity contribution in [1.82, 2.24) is 9.80 Å². The number of benzene rings is 3. The Morgan fingerprint density at radius 2 is 1.28 bits per heavy atom. The molecule has 1 aliphatic rings. The van der Waals surface area contributed by atoms with Crippen molar-refractivity contribution in [2.45, 2.75) is 6.04 Å². The number of nitrogens with zero attached hydrogens (tertiary/aromatic N) is 2. The summed E-state index contributed by atoms with van der Waals surface area (Å²) in [5.41, 5.74) is 3.71. The molecule has 0 saturated carbocycles. The summed E-state index contributed by atoms with van der Waals surface area (Å²) in [5.74, 6) is 1.92. The summed E-state index contributed by atoms with van der Waals surface area (Å²) in [4.78, 5) is 5.11. The third-order valence-electron chi connectivity index (χ3n) is 6.59. The predicted molar refractivity (Wildman–Crippen MR) is 147 cm³/mol. The molecule has 3 aromatic rings. The molecule has 188 valence electrons. The van der Waals surface area contributed by atoms with Crippen LogP contribution < -0.4 is 14.2 Å². The van der Waals surface area contributed by atoms with E-state index in [9.17, 15) is 0 Å². The van der Waals surface area contributed by atoms with E-state index in [-0.39, 0.29) is 0 Å². The second kappa shape index (κ2) is 13.0. The van der Waals surface area contributed by atoms with Crippen LogP contribution >= 0.6 is 0 Å². The summed E-state index contributed by atoms with van der Waals surface area (Å²) in [6.07, 6.45) is 8.42. The molecule has 5 heteroatoms. The molecular formula is C31H36N2O3. The number of hydrogen-bond donors (Lipinski definition) is 0. The Hall–Kier alpha value is -3.54. The Bertz CT molecular complexity index is 1070. The van der Waals surface area contributed by atoms with Crippen LogP contribution in [0.3, 0.4) is 0 Å². The van der Waals surface area contributed by atoms with Crippen LogP contribution in [-0.2, 0) is 0 Å². The first kappa shape index (κ1) is 25.5. The zero-order valence-electron chi connectivity index (χ0n) is 21.5. The summed E-state index contributed by atoms with van der Waals surface area (Å²) in [5, 5.41) is 0. The highest BCUT2D eigenvalue weighted by molar-refractivity contribution is 5.62. The SMILES string of the molecule is COc1cc(C=CC=CCN2CCN(C(c3ccccc3)c3ccccc3)CC2)cc(OC)c1OC. The normalized spacial score (nSPS) is 15.1. The minimum absolute atomic E-state index is 0.298. The Morgan fingerprint density at radius 1 is 0.722 bits per heavy atom. The molecule has 0 aromatic heterocycles. The van der Waals surface area contributed by atoms with Crippen molar-refractivity contribution >= 4 is 6.08 Å². The summed E-state index contributed by atoms with van der Waals surface area (Å²) >= 11 is 0. The van der Waals surface area contributed by atoms with E-state index in [0.29, 0.717) is 23.3 Å². The monoisotopic (exact) mass is 484 g/mol. The number of rotatable bonds is 10. The van der Waals surface area contributed by atoms with Gasteiger partial charge in [0.2, 0.25) is 5.75 Å². The third kappa shape index (κ3) is 6.36. The van der Waals surface area contributed by atoms with Crippen LogP contribution in [0.4, 0.5) is 0 Å². The molecule has 5 nitrogen and oxygen atoms in total. The quantitative estimate of drug-likeness (QED) is 0.346. The second-order valence-corrected chi connectivity index (χ2v) is 8.81. The van der Waals surface area contributed by atoms with Crippen molar-refractivity contribution in [3.63, 3.8) is 0 Å². The molecule has 1 aliphatic heterocycles. The van der Waals surface area contributed by atoms with Gasteiger partial charge in [-0.2, -0.15) is 0 Å². The van der Waals surface area contributed by atoms with Crippen molar-refractivity contribution in [2.24, 2.45) is 0 Å². The van der Waals surface area contributed by atoms with Gasteiger partial charge in [-0.15, -0.1) is 0 Å². The van der Waals surface area contributed by atoms with E-state index in [1.807, 2.05) is 18.2 Å². The molecule has 1 fully saturated rings. The molecule has 3 aromatic carbocycles. The molecule has 0 amide bonds. The van der Waals surface area contributed by atoms with Gasteiger partial charge in [0.25, 0.3) is 0 Å². The van der Waals surface area contributed by atoms with Crippen LogP contribution in [0.15, 0.2) is 91.0 Å². The first-order valence-electron chi connectivity index (χ1n) is 12.4. The maximum Gasteiger partial charge on any atom is 0.203 e. The first-order chi connectivity index (χ1) is 17.7. The Labute approximate surface area is 215 Å². The standard InChI is InChI=1S/C31H36N2O3/c1-34-28-23-25(24-29(35-2)31(28)36-3)13-7-6-12-18-32-19-21-33(22-20-32)30(26-14-8-4-9-15-26)27-16-10-5-11-17-27/h4-17,23-24,30H,18-22H2,1-3H3. The lowest BCUT2D eigenvalue weighted by atomic mass is 9.96. The summed E-state index contributed by atoms with van der Waals surface area (Å²) < 4.78 is 16.3. The Kier molecular flexibility index (Phi) is 9.20. The van der Waals surface area contributed by atoms with Gasteiger partial charge in [0.05, 0.1) is 27.4 Å². The second-order valence-electron chi connectivity index (χ2n) is 8.81. The van der Waals surface area contributed by atoms with Crippen molar-refractivity contribution < 1.29 is 14.2 Å². The lowest BCUT2D eigenvalue weighted by Crippen LogP contribution is -2.47. The lowest BCUT2D eigenvalue weighted by molar-refractivity contribution is 0.117. The van der Waals surface area contributed by atoms with E-state index < -0.39 is 0 Å². The van der Waals surface area contributed by atoms with E-state index in [0.717, 1.165) is 38.3 Å². The van der Waals surface area contributed by atoms with Crippen LogP contribution in [-0.4, -0.2) is 63.9 Å². The smallest absolute Gasteiger partial charge is 0.203 e. The molecule has 0 aliphatic carbocycles. The maximum atomic E-state index is 5.44. The average molecular weight is 485 g/mol. The number of methoxy groups -OCH3 is 3. The lowest BCUT2D eigenvalue weighted by Gasteiger charge is -2.39. The van der Waals surface area contributed by atoms with E-state index >= 15 is 0 Å². The molecule has 0 radical (unpaired) electrons. The fraction of sp³-hybridized carbons (Fsp3) is 0.290. The van der Waals surface area contributed by atoms with Crippen molar-refractivity contribution in [3.05, 3.63) is 108 Å². The van der Waals surface area contributed by atoms with Gasteiger partial charge < -0.3 is 14.2 Å². The van der Waals surface area contributed by atoms with Gasteiger partial charge in [0.1, 0.15) is 0 Å². The fourth-order valence-corrected chi connectivity index (χ4v) is 4.74. The minimum atomic E-state index is 0.298. The van der Waals surface area contributed by atoms with Crippen LogP contribution in [0.1, 0.15) is 22.7 Å². The van der Waals surface area contributed by atoms with Gasteiger partial charge in [-0.1, -0.05) is 85.0 Å². The van der Waals surface area contributed by atoms with Gasteiger partial charge in [0.15, 0.2) is 11.5 Å². The summed E-state index contributed by atoms with van der Waals surface area (Å²) in [6.45, 7) is 5.14. The molecule has 1 heterocycles. The molecule has 0 unspecified atom stereocenters. The number of ether oxygens (including phenoxy) is 3. The van der Waals surface area contributed by atoms with Gasteiger partial charge >= 0.3 is 0 Å². The number of hydrogen-bond acceptors (Lipinski definition) is 5. The molecule has 36 heavy (non-hydrogen) atoms. The van der Waals surface area contributed by atoms with Crippen LogP contribution in [0.5, 0.6) is 17.2 Å². The van der Waals surface area contributed by atoms with Crippen molar-refractivity contribution in [3.8, 4) is 17.2 Å². The highest BCUT2D eigenvalue weighted by Gasteiger charge is 2.25. The predicted octanol–water partition coefficient (Wildman–Crippen LogP) is 5.69. The molecule has 1 saturated heterocycles. The molecule has 0 spiro atoms. The largest absolute Gasteiger partial charge is 0.493 e. The van der Waals surface area contributed by atoms with E-state index in [2.05, 4.69) is 88.7 Å². The van der Waals surface area contributed by atoms with Crippen LogP contribution in [0.2, 0.25) is 0 Å². The maximum absolute atomic E-state index is 5.44. The zero-order chi connectivity index (χ0) is 25.2. The molecule has 0 bridgehead atoms. The van der Waals surface area contributed by atoms with Crippen molar-refractivity contribution in [2.75, 3.05) is 54.1 Å². The topological polar surface area (TPSA) is 34.2 Å².